The van der Waals surface area contributed by atoms with E-state index in [9.17, 15) is 4.79 Å². The molecule has 4 nitrogen and oxygen atoms in total. The quantitative estimate of drug-likeness (QED) is 0.636. The summed E-state index contributed by atoms with van der Waals surface area (Å²) in [5.74, 6) is 0.605. The summed E-state index contributed by atoms with van der Waals surface area (Å²) in [7, 11) is 0. The van der Waals surface area contributed by atoms with Crippen LogP contribution in [0, 0.1) is 0 Å². The number of hydrogen-bond acceptors (Lipinski definition) is 3. The fourth-order valence-corrected chi connectivity index (χ4v) is 2.51. The second-order valence-corrected chi connectivity index (χ2v) is 5.82. The van der Waals surface area contributed by atoms with Gasteiger partial charge < -0.3 is 14.6 Å². The largest absolute Gasteiger partial charge is 0.493 e. The Kier molecular flexibility index (Phi) is 5.88. The van der Waals surface area contributed by atoms with E-state index in [1.165, 1.54) is 0 Å². The van der Waals surface area contributed by atoms with Gasteiger partial charge in [0.1, 0.15) is 18.1 Å². The maximum Gasteiger partial charge on any atom is 0.306 e. The fraction of sp³-hybridized carbons (Fsp3) is 0.136. The lowest BCUT2D eigenvalue weighted by atomic mass is 10.1. The molecule has 0 aromatic heterocycles. The van der Waals surface area contributed by atoms with Crippen LogP contribution < -0.4 is 9.47 Å². The first-order valence-electron chi connectivity index (χ1n) is 8.42. The molecule has 1 N–H and O–H groups in total. The van der Waals surface area contributed by atoms with Gasteiger partial charge in [0.05, 0.1) is 13.0 Å². The van der Waals surface area contributed by atoms with E-state index in [0.29, 0.717) is 12.4 Å². The van der Waals surface area contributed by atoms with Crippen LogP contribution in [0.2, 0.25) is 0 Å². The molecular formula is C22H20O4. The Hall–Kier alpha value is -3.27. The van der Waals surface area contributed by atoms with E-state index in [0.717, 1.165) is 22.4 Å². The van der Waals surface area contributed by atoms with Crippen molar-refractivity contribution in [3.63, 3.8) is 0 Å². The highest BCUT2D eigenvalue weighted by Crippen LogP contribution is 2.26. The van der Waals surface area contributed by atoms with Crippen LogP contribution in [0.3, 0.4) is 0 Å². The van der Waals surface area contributed by atoms with Crippen LogP contribution in [-0.4, -0.2) is 17.7 Å². The van der Waals surface area contributed by atoms with Gasteiger partial charge >= 0.3 is 5.97 Å². The van der Waals surface area contributed by atoms with Crippen molar-refractivity contribution in [2.75, 3.05) is 6.61 Å². The van der Waals surface area contributed by atoms with Gasteiger partial charge in [-0.2, -0.15) is 0 Å². The van der Waals surface area contributed by atoms with Gasteiger partial charge in [-0.25, -0.2) is 0 Å². The third kappa shape index (κ3) is 5.11. The number of ether oxygens (including phenoxy) is 2. The second-order valence-electron chi connectivity index (χ2n) is 5.82. The smallest absolute Gasteiger partial charge is 0.306 e. The first-order valence-corrected chi connectivity index (χ1v) is 8.42. The number of carboxylic acids is 1. The lowest BCUT2D eigenvalue weighted by molar-refractivity contribution is -0.137. The van der Waals surface area contributed by atoms with Gasteiger partial charge in [-0.3, -0.25) is 4.79 Å². The van der Waals surface area contributed by atoms with Crippen molar-refractivity contribution in [1.82, 2.24) is 0 Å². The van der Waals surface area contributed by atoms with Crippen LogP contribution in [0.25, 0.3) is 11.1 Å². The molecule has 0 atom stereocenters. The van der Waals surface area contributed by atoms with Crippen LogP contribution in [0.15, 0.2) is 78.9 Å². The molecule has 0 unspecified atom stereocenters. The predicted molar refractivity (Wildman–Crippen MR) is 100 cm³/mol. The van der Waals surface area contributed by atoms with Gasteiger partial charge in [-0.1, -0.05) is 54.6 Å². The molecule has 0 aliphatic rings. The van der Waals surface area contributed by atoms with E-state index in [4.69, 9.17) is 14.6 Å². The number of aliphatic carboxylic acids is 1. The van der Waals surface area contributed by atoms with Gasteiger partial charge in [0.15, 0.2) is 0 Å². The number of benzene rings is 3. The molecule has 4 heteroatoms. The molecule has 0 saturated carbocycles. The van der Waals surface area contributed by atoms with E-state index in [1.54, 1.807) is 0 Å². The predicted octanol–water partition coefficient (Wildman–Crippen LogP) is 4.79. The first kappa shape index (κ1) is 17.5. The highest BCUT2D eigenvalue weighted by atomic mass is 16.5. The van der Waals surface area contributed by atoms with E-state index in [-0.39, 0.29) is 13.0 Å². The molecule has 0 bridgehead atoms. The topological polar surface area (TPSA) is 55.8 Å². The highest BCUT2D eigenvalue weighted by molar-refractivity contribution is 5.67. The zero-order valence-corrected chi connectivity index (χ0v) is 14.3. The van der Waals surface area contributed by atoms with Crippen LogP contribution in [0.1, 0.15) is 12.0 Å². The number of hydrogen-bond donors (Lipinski definition) is 1. The summed E-state index contributed by atoms with van der Waals surface area (Å²) in [6.07, 6.45) is -0.0114. The van der Waals surface area contributed by atoms with E-state index in [2.05, 4.69) is 0 Å². The molecule has 3 rings (SSSR count). The maximum absolute atomic E-state index is 10.5. The molecule has 0 saturated heterocycles. The summed E-state index contributed by atoms with van der Waals surface area (Å²) in [6.45, 7) is 0.693. The lowest BCUT2D eigenvalue weighted by Crippen LogP contribution is -2.04. The molecule has 0 spiro atoms. The van der Waals surface area contributed by atoms with Gasteiger partial charge in [0.2, 0.25) is 0 Å². The van der Waals surface area contributed by atoms with Gasteiger partial charge in [0, 0.05) is 0 Å². The monoisotopic (exact) mass is 348 g/mol. The van der Waals surface area contributed by atoms with Crippen molar-refractivity contribution in [1.29, 1.82) is 0 Å². The molecule has 0 radical (unpaired) electrons. The molecule has 132 valence electrons. The first-order chi connectivity index (χ1) is 12.7. The van der Waals surface area contributed by atoms with Crippen molar-refractivity contribution < 1.29 is 19.4 Å². The molecule has 0 aliphatic carbocycles. The van der Waals surface area contributed by atoms with Crippen molar-refractivity contribution in [2.24, 2.45) is 0 Å². The van der Waals surface area contributed by atoms with Crippen molar-refractivity contribution in [3.05, 3.63) is 84.4 Å². The Morgan fingerprint density at radius 3 is 2.27 bits per heavy atom. The van der Waals surface area contributed by atoms with Crippen molar-refractivity contribution in [3.8, 4) is 22.6 Å². The second kappa shape index (κ2) is 8.72. The van der Waals surface area contributed by atoms with Crippen LogP contribution in [0.4, 0.5) is 0 Å². The minimum absolute atomic E-state index is 0.0114. The minimum atomic E-state index is -0.867. The van der Waals surface area contributed by atoms with Crippen LogP contribution in [-0.2, 0) is 11.4 Å². The summed E-state index contributed by atoms with van der Waals surface area (Å²) in [5, 5.41) is 8.63. The molecular weight excluding hydrogens is 328 g/mol. The summed E-state index contributed by atoms with van der Waals surface area (Å²) in [6, 6.07) is 25.6. The van der Waals surface area contributed by atoms with Gasteiger partial charge in [0.25, 0.3) is 0 Å². The summed E-state index contributed by atoms with van der Waals surface area (Å²) >= 11 is 0. The van der Waals surface area contributed by atoms with Gasteiger partial charge in [-0.05, 0) is 41.0 Å². The molecule has 0 fully saturated rings. The molecule has 0 amide bonds. The summed E-state index contributed by atoms with van der Waals surface area (Å²) in [4.78, 5) is 10.5. The molecule has 3 aromatic rings. The van der Waals surface area contributed by atoms with E-state index >= 15 is 0 Å². The zero-order chi connectivity index (χ0) is 18.2. The Morgan fingerprint density at radius 1 is 0.769 bits per heavy atom. The average Bonchev–Trinajstić information content (AvgIpc) is 2.68. The summed E-state index contributed by atoms with van der Waals surface area (Å²) < 4.78 is 11.3. The minimum Gasteiger partial charge on any atom is -0.493 e. The summed E-state index contributed by atoms with van der Waals surface area (Å²) in [5.41, 5.74) is 3.22. The average molecular weight is 348 g/mol. The third-order valence-corrected chi connectivity index (χ3v) is 3.85. The number of rotatable bonds is 8. The van der Waals surface area contributed by atoms with Crippen LogP contribution in [0.5, 0.6) is 11.5 Å². The van der Waals surface area contributed by atoms with E-state index in [1.807, 2.05) is 78.9 Å². The zero-order valence-electron chi connectivity index (χ0n) is 14.3. The lowest BCUT2D eigenvalue weighted by Gasteiger charge is -2.09. The standard InChI is InChI=1S/C22H20O4/c23-22(24)13-14-25-20-11-9-18(10-12-20)19-7-4-8-21(15-19)26-16-17-5-2-1-3-6-17/h1-12,15H,13-14,16H2,(H,23,24). The SMILES string of the molecule is O=C(O)CCOc1ccc(-c2cccc(OCc3ccccc3)c2)cc1. The highest BCUT2D eigenvalue weighted by Gasteiger charge is 2.03. The molecule has 0 heterocycles. The van der Waals surface area contributed by atoms with Crippen molar-refractivity contribution >= 4 is 5.97 Å². The van der Waals surface area contributed by atoms with Crippen LogP contribution >= 0.6 is 0 Å². The van der Waals surface area contributed by atoms with Gasteiger partial charge in [-0.15, -0.1) is 0 Å². The Labute approximate surface area is 152 Å². The Bertz CT molecular complexity index is 842. The Balaban J connectivity index is 1.63. The molecule has 0 aliphatic heterocycles. The Morgan fingerprint density at radius 2 is 1.54 bits per heavy atom. The molecule has 3 aromatic carbocycles. The molecule has 26 heavy (non-hydrogen) atoms. The van der Waals surface area contributed by atoms with Crippen molar-refractivity contribution in [2.45, 2.75) is 13.0 Å². The van der Waals surface area contributed by atoms with E-state index < -0.39 is 5.97 Å². The third-order valence-electron chi connectivity index (χ3n) is 3.85. The number of carboxylic acid groups (broad SMARTS) is 1. The fourth-order valence-electron chi connectivity index (χ4n) is 2.51. The maximum atomic E-state index is 10.5. The normalized spacial score (nSPS) is 10.3. The number of carbonyl (C=O) groups is 1.